The molecule has 0 radical (unpaired) electrons. The third-order valence-electron chi connectivity index (χ3n) is 1.49. The minimum atomic E-state index is 0. The molecule has 4 heteroatoms. The van der Waals surface area contributed by atoms with Crippen molar-refractivity contribution in [2.45, 2.75) is 33.6 Å². The van der Waals surface area contributed by atoms with Gasteiger partial charge in [-0.3, -0.25) is 6.08 Å². The fraction of sp³-hybridized carbons (Fsp3) is 0.750. The average molecular weight is 315 g/mol. The maximum Gasteiger partial charge on any atom is 4.00 e. The van der Waals surface area contributed by atoms with Gasteiger partial charge in [-0.05, 0) is 5.41 Å². The van der Waals surface area contributed by atoms with Crippen molar-refractivity contribution in [1.82, 2.24) is 0 Å². The molecule has 116 valence electrons. The van der Waals surface area contributed by atoms with E-state index in [0.717, 1.165) is 12.8 Å². The largest absolute Gasteiger partial charge is 4.00 e. The quantitative estimate of drug-likeness (QED) is 0.484. The Bertz CT molecular complexity index is 213. The summed E-state index contributed by atoms with van der Waals surface area (Å²) in [6.07, 6.45) is 9.85. The van der Waals surface area contributed by atoms with Crippen LogP contribution in [-0.2, 0) is 21.7 Å². The van der Waals surface area contributed by atoms with E-state index >= 15 is 0 Å². The van der Waals surface area contributed by atoms with Crippen LogP contribution < -0.4 is 0 Å². The van der Waals surface area contributed by atoms with Gasteiger partial charge in [0.2, 0.25) is 0 Å². The first kappa shape index (κ1) is 28.3. The van der Waals surface area contributed by atoms with Crippen LogP contribution in [0.2, 0.25) is 0 Å². The standard InChI is InChI=1S/C10H15.3C2H6N.Ti/c1-10(2,3)8-9-6-4-5-7-9;3*1-3-2;/h4,6H,5,8H2,1-3H3;3*1-2H3;/q4*-1;+4. The summed E-state index contributed by atoms with van der Waals surface area (Å²) in [6, 6.07) is 0. The van der Waals surface area contributed by atoms with Gasteiger partial charge in [0.05, 0.1) is 0 Å². The number of hydrogen-bond acceptors (Lipinski definition) is 0. The maximum atomic E-state index is 3.50. The average Bonchev–Trinajstić information content (AvgIpc) is 2.71. The zero-order valence-corrected chi connectivity index (χ0v) is 16.5. The summed E-state index contributed by atoms with van der Waals surface area (Å²) in [5.41, 5.74) is 1.80. The summed E-state index contributed by atoms with van der Waals surface area (Å²) in [5, 5.41) is 10.5. The summed E-state index contributed by atoms with van der Waals surface area (Å²) in [5.74, 6) is 0. The molecule has 0 saturated carbocycles. The van der Waals surface area contributed by atoms with Crippen molar-refractivity contribution in [3.05, 3.63) is 39.8 Å². The molecular formula is C16H33N3Ti. The van der Waals surface area contributed by atoms with E-state index in [9.17, 15) is 0 Å². The molecular weight excluding hydrogens is 282 g/mol. The number of rotatable bonds is 1. The topological polar surface area (TPSA) is 42.3 Å². The van der Waals surface area contributed by atoms with Crippen LogP contribution in [0.15, 0.2) is 17.7 Å². The van der Waals surface area contributed by atoms with Crippen molar-refractivity contribution in [3.8, 4) is 0 Å². The second-order valence-electron chi connectivity index (χ2n) is 5.39. The Balaban J connectivity index is -0.000000108. The van der Waals surface area contributed by atoms with E-state index in [1.165, 1.54) is 5.57 Å². The number of allylic oxidation sites excluding steroid dienone is 4. The van der Waals surface area contributed by atoms with Gasteiger partial charge in [-0.1, -0.05) is 27.2 Å². The molecule has 0 bridgehead atoms. The predicted molar refractivity (Wildman–Crippen MR) is 90.2 cm³/mol. The van der Waals surface area contributed by atoms with Gasteiger partial charge in [0, 0.05) is 0 Å². The zero-order valence-electron chi connectivity index (χ0n) is 14.9. The van der Waals surface area contributed by atoms with Crippen LogP contribution in [0.5, 0.6) is 0 Å². The fourth-order valence-corrected chi connectivity index (χ4v) is 1.14. The normalized spacial score (nSPS) is 11.6. The first-order chi connectivity index (χ1) is 8.82. The molecule has 0 saturated heterocycles. The van der Waals surface area contributed by atoms with Gasteiger partial charge in [-0.15, -0.1) is 6.42 Å². The monoisotopic (exact) mass is 315 g/mol. The second kappa shape index (κ2) is 21.4. The molecule has 1 rings (SSSR count). The molecule has 0 amide bonds. The zero-order chi connectivity index (χ0) is 15.7. The molecule has 0 heterocycles. The van der Waals surface area contributed by atoms with Gasteiger partial charge in [0.1, 0.15) is 0 Å². The van der Waals surface area contributed by atoms with E-state index in [1.54, 1.807) is 42.3 Å². The van der Waals surface area contributed by atoms with Crippen LogP contribution in [-0.4, -0.2) is 42.3 Å². The molecule has 1 aliphatic carbocycles. The summed E-state index contributed by atoms with van der Waals surface area (Å²) in [4.78, 5) is 0. The van der Waals surface area contributed by atoms with Gasteiger partial charge >= 0.3 is 21.7 Å². The molecule has 1 aliphatic rings. The smallest absolute Gasteiger partial charge is 0.668 e. The Kier molecular flexibility index (Phi) is 30.2. The van der Waals surface area contributed by atoms with E-state index in [0.29, 0.717) is 5.41 Å². The molecule has 0 aromatic carbocycles. The fourth-order valence-electron chi connectivity index (χ4n) is 1.14. The molecule has 0 spiro atoms. The van der Waals surface area contributed by atoms with Gasteiger partial charge in [-0.2, -0.15) is 48.4 Å². The van der Waals surface area contributed by atoms with Crippen molar-refractivity contribution in [2.75, 3.05) is 42.3 Å². The maximum absolute atomic E-state index is 3.50. The molecule has 20 heavy (non-hydrogen) atoms. The Hall–Kier alpha value is 0.0743. The Morgan fingerprint density at radius 3 is 1.50 bits per heavy atom. The van der Waals surface area contributed by atoms with Crippen LogP contribution in [0.4, 0.5) is 0 Å². The SMILES string of the molecule is CC(C)(C)CC1=[C-]CC=C1.C[N-]C.C[N-]C.C[N-]C.[Ti+4]. The van der Waals surface area contributed by atoms with Gasteiger partial charge in [0.25, 0.3) is 0 Å². The van der Waals surface area contributed by atoms with E-state index in [2.05, 4.69) is 54.9 Å². The van der Waals surface area contributed by atoms with E-state index in [1.807, 2.05) is 0 Å². The summed E-state index contributed by atoms with van der Waals surface area (Å²) in [7, 11) is 10.5. The van der Waals surface area contributed by atoms with Crippen LogP contribution in [0.1, 0.15) is 33.6 Å². The van der Waals surface area contributed by atoms with Gasteiger partial charge in [-0.25, -0.2) is 11.6 Å². The summed E-state index contributed by atoms with van der Waals surface area (Å²) in [6.45, 7) is 6.77. The molecule has 0 unspecified atom stereocenters. The Morgan fingerprint density at radius 1 is 0.950 bits per heavy atom. The van der Waals surface area contributed by atoms with Crippen LogP contribution >= 0.6 is 0 Å². The molecule has 3 nitrogen and oxygen atoms in total. The third kappa shape index (κ3) is 36.1. The number of nitrogens with zero attached hydrogens (tertiary/aromatic N) is 3. The molecule has 0 aliphatic heterocycles. The summed E-state index contributed by atoms with van der Waals surface area (Å²) < 4.78 is 0. The Morgan fingerprint density at radius 2 is 1.30 bits per heavy atom. The van der Waals surface area contributed by atoms with Crippen molar-refractivity contribution in [1.29, 1.82) is 0 Å². The van der Waals surface area contributed by atoms with Crippen molar-refractivity contribution < 1.29 is 21.7 Å². The molecule has 0 N–H and O–H groups in total. The van der Waals surface area contributed by atoms with Gasteiger partial charge < -0.3 is 16.0 Å². The molecule has 0 aromatic rings. The molecule has 0 aromatic heterocycles. The molecule has 0 fully saturated rings. The van der Waals surface area contributed by atoms with Crippen molar-refractivity contribution in [3.63, 3.8) is 0 Å². The van der Waals surface area contributed by atoms with E-state index < -0.39 is 0 Å². The molecule has 0 atom stereocenters. The van der Waals surface area contributed by atoms with E-state index in [4.69, 9.17) is 0 Å². The predicted octanol–water partition coefficient (Wildman–Crippen LogP) is 4.97. The van der Waals surface area contributed by atoms with E-state index in [-0.39, 0.29) is 21.7 Å². The Labute approximate surface area is 143 Å². The first-order valence-corrected chi connectivity index (χ1v) is 6.52. The number of hydrogen-bond donors (Lipinski definition) is 0. The van der Waals surface area contributed by atoms with Crippen LogP contribution in [0.25, 0.3) is 16.0 Å². The van der Waals surface area contributed by atoms with Crippen molar-refractivity contribution in [2.24, 2.45) is 5.41 Å². The third-order valence-corrected chi connectivity index (χ3v) is 1.49. The first-order valence-electron chi connectivity index (χ1n) is 6.52. The van der Waals surface area contributed by atoms with Crippen LogP contribution in [0, 0.1) is 11.5 Å². The van der Waals surface area contributed by atoms with Crippen molar-refractivity contribution >= 4 is 0 Å². The summed E-state index contributed by atoms with van der Waals surface area (Å²) >= 11 is 0. The van der Waals surface area contributed by atoms with Gasteiger partial charge in [0.15, 0.2) is 0 Å². The second-order valence-corrected chi connectivity index (χ2v) is 5.39. The minimum Gasteiger partial charge on any atom is -0.668 e. The van der Waals surface area contributed by atoms with Crippen LogP contribution in [0.3, 0.4) is 0 Å². The minimum absolute atomic E-state index is 0.